The molecule has 2 aromatic carbocycles. The van der Waals surface area contributed by atoms with Gasteiger partial charge in [-0.05, 0) is 31.5 Å². The Bertz CT molecular complexity index is 892. The Kier molecular flexibility index (Phi) is 4.81. The lowest BCUT2D eigenvalue weighted by Gasteiger charge is -2.14. The number of carbonyl (C=O) groups excluding carboxylic acids is 1. The van der Waals surface area contributed by atoms with Crippen LogP contribution in [0.4, 0.5) is 0 Å². The van der Waals surface area contributed by atoms with Gasteiger partial charge in [0.15, 0.2) is 0 Å². The number of pyridine rings is 1. The molecule has 0 fully saturated rings. The van der Waals surface area contributed by atoms with Gasteiger partial charge in [0.1, 0.15) is 0 Å². The Morgan fingerprint density at radius 3 is 2.62 bits per heavy atom. The molecule has 4 heteroatoms. The first-order valence-corrected chi connectivity index (χ1v) is 8.43. The molecule has 0 radical (unpaired) electrons. The second-order valence-corrected chi connectivity index (χ2v) is 6.24. The van der Waals surface area contributed by atoms with Crippen molar-refractivity contribution in [2.45, 2.75) is 26.3 Å². The molecular formula is C20H19ClN2O. The fraction of sp³-hybridized carbons (Fsp3) is 0.200. The summed E-state index contributed by atoms with van der Waals surface area (Å²) >= 11 is 6.31. The molecular weight excluding hydrogens is 320 g/mol. The van der Waals surface area contributed by atoms with E-state index >= 15 is 0 Å². The molecule has 0 aliphatic rings. The van der Waals surface area contributed by atoms with Crippen molar-refractivity contribution in [2.75, 3.05) is 0 Å². The van der Waals surface area contributed by atoms with Crippen molar-refractivity contribution in [2.24, 2.45) is 0 Å². The van der Waals surface area contributed by atoms with E-state index in [9.17, 15) is 4.79 Å². The highest BCUT2D eigenvalue weighted by molar-refractivity contribution is 6.33. The third kappa shape index (κ3) is 3.26. The van der Waals surface area contributed by atoms with E-state index in [2.05, 4.69) is 10.3 Å². The number of rotatable bonds is 4. The molecule has 3 rings (SSSR count). The van der Waals surface area contributed by atoms with E-state index in [-0.39, 0.29) is 11.9 Å². The van der Waals surface area contributed by atoms with Crippen LogP contribution in [-0.2, 0) is 0 Å². The summed E-state index contributed by atoms with van der Waals surface area (Å²) in [6, 6.07) is 17.1. The van der Waals surface area contributed by atoms with Crippen LogP contribution in [0, 0.1) is 0 Å². The van der Waals surface area contributed by atoms with Crippen molar-refractivity contribution >= 4 is 28.4 Å². The van der Waals surface area contributed by atoms with E-state index in [0.717, 1.165) is 22.9 Å². The Morgan fingerprint density at radius 2 is 1.88 bits per heavy atom. The molecule has 0 bridgehead atoms. The number of aromatic nitrogens is 1. The Balaban J connectivity index is 2.17. The topological polar surface area (TPSA) is 42.0 Å². The molecule has 1 atom stereocenters. The summed E-state index contributed by atoms with van der Waals surface area (Å²) in [6.07, 6.45) is 0.881. The standard InChI is InChI=1S/C20H19ClN2O/c1-3-13(2)22-20(24)16-12-19(15-9-4-6-10-17(15)21)23-18-11-7-5-8-14(16)18/h4-13H,3H2,1-2H3,(H,22,24). The van der Waals surface area contributed by atoms with E-state index in [0.29, 0.717) is 16.3 Å². The molecule has 1 heterocycles. The molecule has 3 nitrogen and oxygen atoms in total. The summed E-state index contributed by atoms with van der Waals surface area (Å²) < 4.78 is 0. The fourth-order valence-electron chi connectivity index (χ4n) is 2.57. The number of para-hydroxylation sites is 1. The molecule has 0 aliphatic carbocycles. The third-order valence-corrected chi connectivity index (χ3v) is 4.43. The van der Waals surface area contributed by atoms with Crippen molar-refractivity contribution in [1.29, 1.82) is 0 Å². The van der Waals surface area contributed by atoms with Crippen LogP contribution in [-0.4, -0.2) is 16.9 Å². The first kappa shape index (κ1) is 16.5. The lowest BCUT2D eigenvalue weighted by atomic mass is 10.0. The van der Waals surface area contributed by atoms with Crippen molar-refractivity contribution in [3.63, 3.8) is 0 Å². The van der Waals surface area contributed by atoms with Gasteiger partial charge in [0.25, 0.3) is 5.91 Å². The van der Waals surface area contributed by atoms with E-state index in [1.54, 1.807) is 0 Å². The number of amides is 1. The predicted octanol–water partition coefficient (Wildman–Crippen LogP) is 5.08. The minimum absolute atomic E-state index is 0.0868. The SMILES string of the molecule is CCC(C)NC(=O)c1cc(-c2ccccc2Cl)nc2ccccc12. The quantitative estimate of drug-likeness (QED) is 0.720. The van der Waals surface area contributed by atoms with E-state index in [1.807, 2.05) is 68.4 Å². The summed E-state index contributed by atoms with van der Waals surface area (Å²) in [5.74, 6) is -0.0868. The maximum atomic E-state index is 12.7. The molecule has 1 unspecified atom stereocenters. The van der Waals surface area contributed by atoms with Crippen LogP contribution in [0.25, 0.3) is 22.2 Å². The maximum Gasteiger partial charge on any atom is 0.252 e. The van der Waals surface area contributed by atoms with Crippen molar-refractivity contribution < 1.29 is 4.79 Å². The van der Waals surface area contributed by atoms with Crippen LogP contribution < -0.4 is 5.32 Å². The highest BCUT2D eigenvalue weighted by atomic mass is 35.5. The minimum Gasteiger partial charge on any atom is -0.350 e. The Labute approximate surface area is 146 Å². The zero-order chi connectivity index (χ0) is 17.1. The van der Waals surface area contributed by atoms with Crippen LogP contribution in [0.15, 0.2) is 54.6 Å². The zero-order valence-corrected chi connectivity index (χ0v) is 14.5. The molecule has 24 heavy (non-hydrogen) atoms. The first-order valence-electron chi connectivity index (χ1n) is 8.05. The number of benzene rings is 2. The number of nitrogens with zero attached hydrogens (tertiary/aromatic N) is 1. The van der Waals surface area contributed by atoms with E-state index in [4.69, 9.17) is 11.6 Å². The molecule has 0 saturated carbocycles. The average Bonchev–Trinajstić information content (AvgIpc) is 2.61. The molecule has 0 aliphatic heterocycles. The summed E-state index contributed by atoms with van der Waals surface area (Å²) in [5, 5.41) is 4.49. The highest BCUT2D eigenvalue weighted by Gasteiger charge is 2.16. The lowest BCUT2D eigenvalue weighted by Crippen LogP contribution is -2.32. The average molecular weight is 339 g/mol. The number of fused-ring (bicyclic) bond motifs is 1. The number of nitrogens with one attached hydrogen (secondary N) is 1. The van der Waals surface area contributed by atoms with Crippen LogP contribution >= 0.6 is 11.6 Å². The van der Waals surface area contributed by atoms with E-state index in [1.165, 1.54) is 0 Å². The summed E-state index contributed by atoms with van der Waals surface area (Å²) in [7, 11) is 0. The monoisotopic (exact) mass is 338 g/mol. The van der Waals surface area contributed by atoms with Gasteiger partial charge < -0.3 is 5.32 Å². The van der Waals surface area contributed by atoms with Gasteiger partial charge in [0.2, 0.25) is 0 Å². The summed E-state index contributed by atoms with van der Waals surface area (Å²) in [6.45, 7) is 4.04. The molecule has 122 valence electrons. The number of carbonyl (C=O) groups is 1. The fourth-order valence-corrected chi connectivity index (χ4v) is 2.81. The van der Waals surface area contributed by atoms with Gasteiger partial charge in [0, 0.05) is 22.0 Å². The largest absolute Gasteiger partial charge is 0.350 e. The number of hydrogen-bond donors (Lipinski definition) is 1. The summed E-state index contributed by atoms with van der Waals surface area (Å²) in [4.78, 5) is 17.4. The van der Waals surface area contributed by atoms with Crippen molar-refractivity contribution in [3.8, 4) is 11.3 Å². The minimum atomic E-state index is -0.0868. The second kappa shape index (κ2) is 7.02. The molecule has 0 spiro atoms. The van der Waals surface area contributed by atoms with Crippen molar-refractivity contribution in [1.82, 2.24) is 10.3 Å². The predicted molar refractivity (Wildman–Crippen MR) is 99.4 cm³/mol. The normalized spacial score (nSPS) is 12.1. The Hall–Kier alpha value is -2.39. The van der Waals surface area contributed by atoms with Gasteiger partial charge in [-0.15, -0.1) is 0 Å². The van der Waals surface area contributed by atoms with Crippen molar-refractivity contribution in [3.05, 3.63) is 65.2 Å². The second-order valence-electron chi connectivity index (χ2n) is 5.83. The smallest absolute Gasteiger partial charge is 0.252 e. The van der Waals surface area contributed by atoms with Gasteiger partial charge in [-0.25, -0.2) is 4.98 Å². The molecule has 3 aromatic rings. The third-order valence-electron chi connectivity index (χ3n) is 4.10. The molecule has 0 saturated heterocycles. The van der Waals surface area contributed by atoms with Crippen LogP contribution in [0.3, 0.4) is 0 Å². The number of hydrogen-bond acceptors (Lipinski definition) is 2. The molecule has 1 N–H and O–H groups in total. The van der Waals surface area contributed by atoms with Crippen LogP contribution in [0.5, 0.6) is 0 Å². The van der Waals surface area contributed by atoms with E-state index < -0.39 is 0 Å². The van der Waals surface area contributed by atoms with Gasteiger partial charge >= 0.3 is 0 Å². The first-order chi connectivity index (χ1) is 11.6. The van der Waals surface area contributed by atoms with Gasteiger partial charge in [-0.3, -0.25) is 4.79 Å². The zero-order valence-electron chi connectivity index (χ0n) is 13.7. The highest BCUT2D eigenvalue weighted by Crippen LogP contribution is 2.29. The molecule has 1 amide bonds. The molecule has 1 aromatic heterocycles. The maximum absolute atomic E-state index is 12.7. The van der Waals surface area contributed by atoms with Gasteiger partial charge in [-0.1, -0.05) is 54.9 Å². The number of halogens is 1. The van der Waals surface area contributed by atoms with Crippen LogP contribution in [0.1, 0.15) is 30.6 Å². The van der Waals surface area contributed by atoms with Crippen LogP contribution in [0.2, 0.25) is 5.02 Å². The van der Waals surface area contributed by atoms with Gasteiger partial charge in [0.05, 0.1) is 16.8 Å². The van der Waals surface area contributed by atoms with Gasteiger partial charge in [-0.2, -0.15) is 0 Å². The summed E-state index contributed by atoms with van der Waals surface area (Å²) in [5.41, 5.74) is 2.93. The lowest BCUT2D eigenvalue weighted by molar-refractivity contribution is 0.0941. The Morgan fingerprint density at radius 1 is 1.17 bits per heavy atom.